The molecule has 4 heteroatoms. The van der Waals surface area contributed by atoms with Crippen molar-refractivity contribution in [3.8, 4) is 0 Å². The van der Waals surface area contributed by atoms with Crippen LogP contribution >= 0.6 is 11.8 Å². The number of aliphatic hydroxyl groups is 1. The van der Waals surface area contributed by atoms with Crippen molar-refractivity contribution in [2.75, 3.05) is 5.75 Å². The molecule has 16 heavy (non-hydrogen) atoms. The first-order valence-corrected chi connectivity index (χ1v) is 6.18. The summed E-state index contributed by atoms with van der Waals surface area (Å²) in [4.78, 5) is 11.8. The molecule has 1 aliphatic rings. The summed E-state index contributed by atoms with van der Waals surface area (Å²) in [5.74, 6) is -0.193. The summed E-state index contributed by atoms with van der Waals surface area (Å²) in [6.45, 7) is 1.99. The van der Waals surface area contributed by atoms with Crippen molar-refractivity contribution in [3.05, 3.63) is 29.3 Å². The Labute approximate surface area is 98.5 Å². The lowest BCUT2D eigenvalue weighted by Gasteiger charge is -2.33. The summed E-state index contributed by atoms with van der Waals surface area (Å²) in [6.07, 6.45) is 0.281. The molecule has 0 bridgehead atoms. The van der Waals surface area contributed by atoms with Crippen molar-refractivity contribution in [2.45, 2.75) is 30.3 Å². The highest BCUT2D eigenvalue weighted by Gasteiger charge is 2.36. The number of thioether (sulfide) groups is 1. The lowest BCUT2D eigenvalue weighted by molar-refractivity contribution is -0.143. The van der Waals surface area contributed by atoms with Gasteiger partial charge in [-0.15, -0.1) is 11.8 Å². The third-order valence-electron chi connectivity index (χ3n) is 2.86. The third-order valence-corrected chi connectivity index (χ3v) is 3.91. The van der Waals surface area contributed by atoms with Crippen LogP contribution in [-0.2, 0) is 10.4 Å². The van der Waals surface area contributed by atoms with Crippen molar-refractivity contribution >= 4 is 17.7 Å². The highest BCUT2D eigenvalue weighted by molar-refractivity contribution is 7.99. The molecule has 0 aliphatic carbocycles. The van der Waals surface area contributed by atoms with Crippen LogP contribution in [0.1, 0.15) is 24.0 Å². The maximum Gasteiger partial charge on any atom is 0.306 e. The molecule has 3 nitrogen and oxygen atoms in total. The molecule has 2 rings (SSSR count). The summed E-state index contributed by atoms with van der Waals surface area (Å²) in [6, 6.07) is 5.77. The standard InChI is InChI=1S/C12H14O3S/c1-8-2-3-9-10(6-8)16-5-4-12(9,15)7-11(13)14/h2-3,6,15H,4-5,7H2,1H3,(H,13,14). The number of carboxylic acid groups (broad SMARTS) is 1. The first-order chi connectivity index (χ1) is 7.51. The number of hydrogen-bond acceptors (Lipinski definition) is 3. The normalized spacial score (nSPS) is 23.9. The topological polar surface area (TPSA) is 57.5 Å². The van der Waals surface area contributed by atoms with Crippen molar-refractivity contribution < 1.29 is 15.0 Å². The van der Waals surface area contributed by atoms with E-state index in [4.69, 9.17) is 5.11 Å². The molecular weight excluding hydrogens is 224 g/mol. The van der Waals surface area contributed by atoms with Crippen LogP contribution < -0.4 is 0 Å². The van der Waals surface area contributed by atoms with Gasteiger partial charge in [0.05, 0.1) is 6.42 Å². The van der Waals surface area contributed by atoms with Gasteiger partial charge >= 0.3 is 5.97 Å². The maximum atomic E-state index is 10.8. The number of benzene rings is 1. The second-order valence-corrected chi connectivity index (χ2v) is 5.34. The molecule has 1 aromatic rings. The largest absolute Gasteiger partial charge is 0.481 e. The van der Waals surface area contributed by atoms with Gasteiger partial charge in [-0.1, -0.05) is 12.1 Å². The molecule has 1 atom stereocenters. The molecule has 0 amide bonds. The molecule has 1 aromatic carbocycles. The zero-order valence-corrected chi connectivity index (χ0v) is 9.88. The summed E-state index contributed by atoms with van der Waals surface area (Å²) in [5, 5.41) is 19.2. The van der Waals surface area contributed by atoms with Gasteiger partial charge in [0.1, 0.15) is 5.60 Å². The van der Waals surface area contributed by atoms with Crippen molar-refractivity contribution in [1.82, 2.24) is 0 Å². The van der Waals surface area contributed by atoms with Crippen molar-refractivity contribution in [1.29, 1.82) is 0 Å². The van der Waals surface area contributed by atoms with E-state index in [-0.39, 0.29) is 6.42 Å². The number of carboxylic acids is 1. The van der Waals surface area contributed by atoms with Gasteiger partial charge in [0.2, 0.25) is 0 Å². The monoisotopic (exact) mass is 238 g/mol. The zero-order valence-electron chi connectivity index (χ0n) is 9.06. The van der Waals surface area contributed by atoms with E-state index in [0.717, 1.165) is 21.8 Å². The summed E-state index contributed by atoms with van der Waals surface area (Å²) in [5.41, 5.74) is 0.697. The second kappa shape index (κ2) is 4.11. The number of carbonyl (C=O) groups is 1. The van der Waals surface area contributed by atoms with Crippen LogP contribution in [0.15, 0.2) is 23.1 Å². The second-order valence-electron chi connectivity index (χ2n) is 4.20. The fraction of sp³-hybridized carbons (Fsp3) is 0.417. The van der Waals surface area contributed by atoms with E-state index in [9.17, 15) is 9.90 Å². The van der Waals surface area contributed by atoms with E-state index in [1.54, 1.807) is 11.8 Å². The first-order valence-electron chi connectivity index (χ1n) is 5.19. The molecule has 0 saturated carbocycles. The summed E-state index contributed by atoms with van der Waals surface area (Å²) in [7, 11) is 0. The molecule has 1 unspecified atom stereocenters. The minimum absolute atomic E-state index is 0.219. The fourth-order valence-corrected chi connectivity index (χ4v) is 3.37. The lowest BCUT2D eigenvalue weighted by Crippen LogP contribution is -2.32. The van der Waals surface area contributed by atoms with E-state index in [2.05, 4.69) is 0 Å². The Morgan fingerprint density at radius 1 is 1.56 bits per heavy atom. The SMILES string of the molecule is Cc1ccc2c(c1)SCCC2(O)CC(=O)O. The molecule has 0 saturated heterocycles. The van der Waals surface area contributed by atoms with Gasteiger partial charge < -0.3 is 10.2 Å². The lowest BCUT2D eigenvalue weighted by atomic mass is 9.87. The Morgan fingerprint density at radius 2 is 2.31 bits per heavy atom. The van der Waals surface area contributed by atoms with Gasteiger partial charge in [-0.3, -0.25) is 4.79 Å². The van der Waals surface area contributed by atoms with Crippen LogP contribution in [-0.4, -0.2) is 21.9 Å². The van der Waals surface area contributed by atoms with Gasteiger partial charge in [-0.25, -0.2) is 0 Å². The van der Waals surface area contributed by atoms with E-state index in [1.165, 1.54) is 0 Å². The van der Waals surface area contributed by atoms with Crippen LogP contribution in [0.5, 0.6) is 0 Å². The summed E-state index contributed by atoms with van der Waals surface area (Å²) < 4.78 is 0. The van der Waals surface area contributed by atoms with Gasteiger partial charge in [0.25, 0.3) is 0 Å². The minimum Gasteiger partial charge on any atom is -0.481 e. The van der Waals surface area contributed by atoms with Crippen molar-refractivity contribution in [2.24, 2.45) is 0 Å². The van der Waals surface area contributed by atoms with E-state index >= 15 is 0 Å². The Morgan fingerprint density at radius 3 is 3.00 bits per heavy atom. The van der Waals surface area contributed by atoms with E-state index in [1.807, 2.05) is 25.1 Å². The number of hydrogen-bond donors (Lipinski definition) is 2. The van der Waals surface area contributed by atoms with Crippen LogP contribution in [0.25, 0.3) is 0 Å². The Balaban J connectivity index is 2.43. The Bertz CT molecular complexity index is 430. The van der Waals surface area contributed by atoms with Gasteiger partial charge in [-0.2, -0.15) is 0 Å². The molecular formula is C12H14O3S. The van der Waals surface area contributed by atoms with Gasteiger partial charge in [0, 0.05) is 10.6 Å². The Kier molecular flexibility index (Phi) is 2.95. The fourth-order valence-electron chi connectivity index (χ4n) is 2.03. The number of rotatable bonds is 2. The molecule has 1 aliphatic heterocycles. The quantitative estimate of drug-likeness (QED) is 0.829. The molecule has 0 fully saturated rings. The predicted molar refractivity (Wildman–Crippen MR) is 62.7 cm³/mol. The summed E-state index contributed by atoms with van der Waals surface area (Å²) >= 11 is 1.68. The molecule has 2 N–H and O–H groups in total. The van der Waals surface area contributed by atoms with Crippen LogP contribution in [0.4, 0.5) is 0 Å². The van der Waals surface area contributed by atoms with Crippen molar-refractivity contribution in [3.63, 3.8) is 0 Å². The van der Waals surface area contributed by atoms with E-state index < -0.39 is 11.6 Å². The average Bonchev–Trinajstić information content (AvgIpc) is 2.15. The first kappa shape index (κ1) is 11.5. The highest BCUT2D eigenvalue weighted by atomic mass is 32.2. The van der Waals surface area contributed by atoms with Crippen LogP contribution in [0, 0.1) is 6.92 Å². The average molecular weight is 238 g/mol. The molecule has 1 heterocycles. The number of aryl methyl sites for hydroxylation is 1. The van der Waals surface area contributed by atoms with Gasteiger partial charge in [-0.05, 0) is 30.5 Å². The Hall–Kier alpha value is -1.00. The molecule has 0 radical (unpaired) electrons. The maximum absolute atomic E-state index is 10.8. The third kappa shape index (κ3) is 2.08. The predicted octanol–water partition coefficient (Wildman–Crippen LogP) is 2.15. The highest BCUT2D eigenvalue weighted by Crippen LogP contribution is 2.42. The van der Waals surface area contributed by atoms with Gasteiger partial charge in [0.15, 0.2) is 0 Å². The molecule has 0 spiro atoms. The smallest absolute Gasteiger partial charge is 0.306 e. The zero-order chi connectivity index (χ0) is 11.8. The van der Waals surface area contributed by atoms with Crippen LogP contribution in [0.2, 0.25) is 0 Å². The van der Waals surface area contributed by atoms with E-state index in [0.29, 0.717) is 6.42 Å². The van der Waals surface area contributed by atoms with Crippen LogP contribution in [0.3, 0.4) is 0 Å². The number of fused-ring (bicyclic) bond motifs is 1. The molecule has 86 valence electrons. The minimum atomic E-state index is -1.19. The number of aliphatic carboxylic acids is 1. The molecule has 0 aromatic heterocycles.